The summed E-state index contributed by atoms with van der Waals surface area (Å²) < 4.78 is 23.4. The lowest BCUT2D eigenvalue weighted by Crippen LogP contribution is -2.14. The van der Waals surface area contributed by atoms with Crippen LogP contribution in [0.15, 0.2) is 61.0 Å². The molecule has 3 aromatic rings. The van der Waals surface area contributed by atoms with Gasteiger partial charge in [0.1, 0.15) is 23.9 Å². The van der Waals surface area contributed by atoms with Crippen molar-refractivity contribution in [2.75, 3.05) is 20.3 Å². The Bertz CT molecular complexity index is 1220. The summed E-state index contributed by atoms with van der Waals surface area (Å²) in [7, 11) is 3.55. The van der Waals surface area contributed by atoms with Crippen LogP contribution in [0, 0.1) is 0 Å². The minimum atomic E-state index is -0.510. The second-order valence-corrected chi connectivity index (χ2v) is 6.94. The van der Waals surface area contributed by atoms with Crippen LogP contribution in [-0.4, -0.2) is 36.6 Å². The summed E-state index contributed by atoms with van der Waals surface area (Å²) in [6.45, 7) is 3.36. The summed E-state index contributed by atoms with van der Waals surface area (Å²) >= 11 is 0. The highest BCUT2D eigenvalue weighted by Crippen LogP contribution is 2.36. The summed E-state index contributed by atoms with van der Waals surface area (Å²) in [5.41, 5.74) is 2.29. The normalized spacial score (nSPS) is 13.7. The average molecular weight is 419 g/mol. The molecule has 0 unspecified atom stereocenters. The number of esters is 1. The van der Waals surface area contributed by atoms with Gasteiger partial charge in [-0.3, -0.25) is 4.79 Å². The molecule has 31 heavy (non-hydrogen) atoms. The molecular formula is C24H21NO6. The van der Waals surface area contributed by atoms with Crippen molar-refractivity contribution >= 4 is 28.7 Å². The number of ether oxygens (including phenoxy) is 4. The van der Waals surface area contributed by atoms with Crippen molar-refractivity contribution in [3.05, 3.63) is 72.1 Å². The molecular weight excluding hydrogens is 398 g/mol. The number of aryl methyl sites for hydroxylation is 1. The Labute approximate surface area is 179 Å². The molecule has 0 N–H and O–H groups in total. The van der Waals surface area contributed by atoms with Gasteiger partial charge >= 0.3 is 5.97 Å². The third kappa shape index (κ3) is 4.02. The van der Waals surface area contributed by atoms with E-state index in [1.165, 1.54) is 6.08 Å². The van der Waals surface area contributed by atoms with Crippen molar-refractivity contribution in [3.63, 3.8) is 0 Å². The van der Waals surface area contributed by atoms with Crippen molar-refractivity contribution in [1.82, 2.24) is 4.57 Å². The maximum Gasteiger partial charge on any atom is 0.344 e. The maximum atomic E-state index is 12.8. The SMILES string of the molecule is C=CCOC(=O)COc1ccc2c(c1)O/C(=C\c1cn(C)c3ccc(OC)cc13)C2=O. The smallest absolute Gasteiger partial charge is 0.344 e. The number of carbonyl (C=O) groups is 2. The molecule has 1 aromatic heterocycles. The quantitative estimate of drug-likeness (QED) is 0.328. The third-order valence-corrected chi connectivity index (χ3v) is 4.87. The number of rotatable bonds is 7. The molecule has 4 rings (SSSR count). The van der Waals surface area contributed by atoms with Crippen LogP contribution in [0.25, 0.3) is 17.0 Å². The largest absolute Gasteiger partial charge is 0.497 e. The zero-order chi connectivity index (χ0) is 22.0. The predicted molar refractivity (Wildman–Crippen MR) is 115 cm³/mol. The summed E-state index contributed by atoms with van der Waals surface area (Å²) in [6.07, 6.45) is 5.13. The van der Waals surface area contributed by atoms with E-state index >= 15 is 0 Å². The standard InChI is InChI=1S/C24H21NO6/c1-4-9-29-23(26)14-30-17-5-7-18-21(12-17)31-22(24(18)27)10-15-13-25(2)20-8-6-16(28-3)11-19(15)20/h4-8,10-13H,1,9,14H2,2-3H3/b22-10-. The topological polar surface area (TPSA) is 76.0 Å². The van der Waals surface area contributed by atoms with E-state index in [1.54, 1.807) is 31.4 Å². The van der Waals surface area contributed by atoms with Crippen molar-refractivity contribution in [1.29, 1.82) is 0 Å². The Morgan fingerprint density at radius 1 is 1.19 bits per heavy atom. The van der Waals surface area contributed by atoms with Crippen LogP contribution >= 0.6 is 0 Å². The molecule has 0 saturated carbocycles. The second-order valence-electron chi connectivity index (χ2n) is 6.94. The molecule has 0 bridgehead atoms. The number of aromatic nitrogens is 1. The van der Waals surface area contributed by atoms with Crippen LogP contribution in [0.4, 0.5) is 0 Å². The van der Waals surface area contributed by atoms with Crippen LogP contribution < -0.4 is 14.2 Å². The van der Waals surface area contributed by atoms with Gasteiger partial charge in [0.05, 0.1) is 12.7 Å². The Kier molecular flexibility index (Phi) is 5.49. The predicted octanol–water partition coefficient (Wildman–Crippen LogP) is 3.91. The Hall–Kier alpha value is -4.00. The van der Waals surface area contributed by atoms with Crippen LogP contribution in [0.2, 0.25) is 0 Å². The highest BCUT2D eigenvalue weighted by molar-refractivity contribution is 6.15. The number of carbonyl (C=O) groups excluding carboxylic acids is 2. The number of fused-ring (bicyclic) bond motifs is 2. The molecule has 0 fully saturated rings. The van der Waals surface area contributed by atoms with E-state index in [4.69, 9.17) is 18.9 Å². The van der Waals surface area contributed by atoms with Gasteiger partial charge in [-0.05, 0) is 36.4 Å². The summed E-state index contributed by atoms with van der Waals surface area (Å²) in [4.78, 5) is 24.4. The number of ketones is 1. The number of allylic oxidation sites excluding steroid dienone is 1. The van der Waals surface area contributed by atoms with Gasteiger partial charge in [0.2, 0.25) is 5.78 Å². The fourth-order valence-corrected chi connectivity index (χ4v) is 3.38. The first-order chi connectivity index (χ1) is 15.0. The van der Waals surface area contributed by atoms with Crippen LogP contribution in [0.1, 0.15) is 15.9 Å². The monoisotopic (exact) mass is 419 g/mol. The Morgan fingerprint density at radius 2 is 2.00 bits per heavy atom. The lowest BCUT2D eigenvalue weighted by Gasteiger charge is -2.06. The molecule has 0 atom stereocenters. The lowest BCUT2D eigenvalue weighted by molar-refractivity contribution is -0.144. The van der Waals surface area contributed by atoms with Crippen molar-refractivity contribution in [2.45, 2.75) is 0 Å². The van der Waals surface area contributed by atoms with Gasteiger partial charge in [-0.25, -0.2) is 4.79 Å². The second kappa shape index (κ2) is 8.39. The molecule has 0 saturated heterocycles. The number of Topliss-reactive ketones (excluding diaryl/α,β-unsaturated/α-hetero) is 1. The van der Waals surface area contributed by atoms with Crippen LogP contribution in [0.5, 0.6) is 17.2 Å². The maximum absolute atomic E-state index is 12.8. The highest BCUT2D eigenvalue weighted by Gasteiger charge is 2.28. The minimum Gasteiger partial charge on any atom is -0.497 e. The van der Waals surface area contributed by atoms with Crippen LogP contribution in [0.3, 0.4) is 0 Å². The molecule has 7 heteroatoms. The fraction of sp³-hybridized carbons (Fsp3) is 0.167. The number of nitrogens with zero attached hydrogens (tertiary/aromatic N) is 1. The van der Waals surface area contributed by atoms with E-state index in [9.17, 15) is 9.59 Å². The minimum absolute atomic E-state index is 0.123. The zero-order valence-corrected chi connectivity index (χ0v) is 17.2. The van der Waals surface area contributed by atoms with E-state index in [0.717, 1.165) is 22.2 Å². The fourth-order valence-electron chi connectivity index (χ4n) is 3.38. The van der Waals surface area contributed by atoms with Gasteiger partial charge in [0.15, 0.2) is 12.4 Å². The van der Waals surface area contributed by atoms with Gasteiger partial charge in [0.25, 0.3) is 0 Å². The molecule has 1 aliphatic rings. The van der Waals surface area contributed by atoms with E-state index in [0.29, 0.717) is 17.1 Å². The first-order valence-electron chi connectivity index (χ1n) is 9.61. The number of benzene rings is 2. The van der Waals surface area contributed by atoms with Crippen molar-refractivity contribution in [2.24, 2.45) is 7.05 Å². The van der Waals surface area contributed by atoms with E-state index in [1.807, 2.05) is 36.0 Å². The molecule has 1 aliphatic heterocycles. The molecule has 0 radical (unpaired) electrons. The molecule has 2 heterocycles. The van der Waals surface area contributed by atoms with E-state index in [2.05, 4.69) is 6.58 Å². The van der Waals surface area contributed by atoms with E-state index < -0.39 is 5.97 Å². The first-order valence-corrected chi connectivity index (χ1v) is 9.61. The summed E-state index contributed by atoms with van der Waals surface area (Å²) in [5, 5.41) is 0.948. The number of hydrogen-bond donors (Lipinski definition) is 0. The van der Waals surface area contributed by atoms with Crippen LogP contribution in [-0.2, 0) is 16.6 Å². The molecule has 7 nitrogen and oxygen atoms in total. The highest BCUT2D eigenvalue weighted by atomic mass is 16.6. The molecule has 158 valence electrons. The van der Waals surface area contributed by atoms with E-state index in [-0.39, 0.29) is 24.8 Å². The van der Waals surface area contributed by atoms with Crippen molar-refractivity contribution in [3.8, 4) is 17.2 Å². The molecule has 2 aromatic carbocycles. The zero-order valence-electron chi connectivity index (χ0n) is 17.2. The lowest BCUT2D eigenvalue weighted by atomic mass is 10.1. The summed E-state index contributed by atoms with van der Waals surface area (Å²) in [5.74, 6) is 1.00. The van der Waals surface area contributed by atoms with Crippen molar-refractivity contribution < 1.29 is 28.5 Å². The number of hydrogen-bond acceptors (Lipinski definition) is 6. The Balaban J connectivity index is 1.57. The summed E-state index contributed by atoms with van der Waals surface area (Å²) in [6, 6.07) is 10.6. The average Bonchev–Trinajstić information content (AvgIpc) is 3.26. The van der Waals surface area contributed by atoms with Gasteiger partial charge in [-0.2, -0.15) is 0 Å². The molecule has 0 amide bonds. The van der Waals surface area contributed by atoms with Gasteiger partial charge in [-0.1, -0.05) is 12.7 Å². The third-order valence-electron chi connectivity index (χ3n) is 4.87. The van der Waals surface area contributed by atoms with Gasteiger partial charge < -0.3 is 23.5 Å². The number of methoxy groups -OCH3 is 1. The Morgan fingerprint density at radius 3 is 2.77 bits per heavy atom. The van der Waals surface area contributed by atoms with Gasteiger partial charge in [-0.15, -0.1) is 0 Å². The molecule has 0 aliphatic carbocycles. The molecule has 0 spiro atoms. The van der Waals surface area contributed by atoms with Gasteiger partial charge in [0, 0.05) is 35.8 Å². The first kappa shape index (κ1) is 20.3.